The minimum absolute atomic E-state index is 0.0274. The Morgan fingerprint density at radius 1 is 1.20 bits per heavy atom. The van der Waals surface area contributed by atoms with Crippen LogP contribution in [0.15, 0.2) is 30.3 Å². The molecular formula is C14H10Cl2FNO2. The Kier molecular flexibility index (Phi) is 4.16. The molecule has 0 aromatic heterocycles. The lowest BCUT2D eigenvalue weighted by Gasteiger charge is -2.09. The highest BCUT2D eigenvalue weighted by Crippen LogP contribution is 2.32. The Hall–Kier alpha value is -1.78. The van der Waals surface area contributed by atoms with Crippen molar-refractivity contribution in [1.29, 1.82) is 0 Å². The predicted molar refractivity (Wildman–Crippen MR) is 77.3 cm³/mol. The average molecular weight is 314 g/mol. The van der Waals surface area contributed by atoms with Gasteiger partial charge in [0.1, 0.15) is 11.6 Å². The van der Waals surface area contributed by atoms with Gasteiger partial charge in [-0.2, -0.15) is 0 Å². The van der Waals surface area contributed by atoms with Crippen LogP contribution < -0.4 is 10.5 Å². The van der Waals surface area contributed by atoms with Gasteiger partial charge in [-0.25, -0.2) is 4.39 Å². The molecule has 0 spiro atoms. The van der Waals surface area contributed by atoms with Crippen LogP contribution in [0.1, 0.15) is 15.9 Å². The Morgan fingerprint density at radius 3 is 2.50 bits per heavy atom. The molecule has 2 rings (SSSR count). The SMILES string of the molecule is COc1cc(Cl)c(C(=O)c2ccc(N)c(F)c2)cc1Cl. The molecule has 0 amide bonds. The van der Waals surface area contributed by atoms with Gasteiger partial charge in [0.2, 0.25) is 0 Å². The van der Waals surface area contributed by atoms with E-state index in [0.717, 1.165) is 6.07 Å². The van der Waals surface area contributed by atoms with E-state index in [1.165, 1.54) is 31.4 Å². The maximum absolute atomic E-state index is 13.4. The van der Waals surface area contributed by atoms with Crippen LogP contribution in [0.2, 0.25) is 10.0 Å². The maximum atomic E-state index is 13.4. The summed E-state index contributed by atoms with van der Waals surface area (Å²) in [4.78, 5) is 12.3. The molecule has 2 aromatic rings. The van der Waals surface area contributed by atoms with E-state index in [1.54, 1.807) is 0 Å². The maximum Gasteiger partial charge on any atom is 0.194 e. The van der Waals surface area contributed by atoms with E-state index >= 15 is 0 Å². The second-order valence-corrected chi connectivity index (χ2v) is 4.85. The van der Waals surface area contributed by atoms with Gasteiger partial charge in [0.25, 0.3) is 0 Å². The number of methoxy groups -OCH3 is 1. The first-order chi connectivity index (χ1) is 9.43. The molecule has 0 saturated heterocycles. The summed E-state index contributed by atoms with van der Waals surface area (Å²) in [5.74, 6) is -0.748. The van der Waals surface area contributed by atoms with Gasteiger partial charge in [0, 0.05) is 17.2 Å². The van der Waals surface area contributed by atoms with Gasteiger partial charge < -0.3 is 10.5 Å². The highest BCUT2D eigenvalue weighted by Gasteiger charge is 2.17. The number of ether oxygens (including phenoxy) is 1. The normalized spacial score (nSPS) is 10.4. The number of halogens is 3. The minimum Gasteiger partial charge on any atom is -0.495 e. The zero-order valence-corrected chi connectivity index (χ0v) is 11.9. The van der Waals surface area contributed by atoms with Crippen molar-refractivity contribution in [2.24, 2.45) is 0 Å². The number of rotatable bonds is 3. The van der Waals surface area contributed by atoms with Crippen LogP contribution in [0.4, 0.5) is 10.1 Å². The molecule has 104 valence electrons. The van der Waals surface area contributed by atoms with Gasteiger partial charge in [-0.15, -0.1) is 0 Å². The second kappa shape index (κ2) is 5.69. The van der Waals surface area contributed by atoms with Crippen molar-refractivity contribution >= 4 is 34.7 Å². The van der Waals surface area contributed by atoms with Crippen LogP contribution in [0.25, 0.3) is 0 Å². The van der Waals surface area contributed by atoms with Crippen LogP contribution in [0.3, 0.4) is 0 Å². The summed E-state index contributed by atoms with van der Waals surface area (Å²) in [6.07, 6.45) is 0. The van der Waals surface area contributed by atoms with Crippen LogP contribution in [0, 0.1) is 5.82 Å². The Bertz CT molecular complexity index is 689. The summed E-state index contributed by atoms with van der Waals surface area (Å²) in [5, 5.41) is 0.421. The van der Waals surface area contributed by atoms with Crippen molar-refractivity contribution in [3.8, 4) is 5.75 Å². The van der Waals surface area contributed by atoms with Crippen molar-refractivity contribution in [1.82, 2.24) is 0 Å². The van der Waals surface area contributed by atoms with Crippen molar-refractivity contribution in [3.63, 3.8) is 0 Å². The fourth-order valence-electron chi connectivity index (χ4n) is 1.68. The highest BCUT2D eigenvalue weighted by molar-refractivity contribution is 6.37. The van der Waals surface area contributed by atoms with Crippen molar-refractivity contribution in [2.75, 3.05) is 12.8 Å². The third kappa shape index (κ3) is 2.71. The topological polar surface area (TPSA) is 52.3 Å². The number of carbonyl (C=O) groups is 1. The van der Waals surface area contributed by atoms with Crippen LogP contribution in [-0.2, 0) is 0 Å². The minimum atomic E-state index is -0.661. The largest absolute Gasteiger partial charge is 0.495 e. The molecule has 0 bridgehead atoms. The number of benzene rings is 2. The van der Waals surface area contributed by atoms with E-state index in [0.29, 0.717) is 5.75 Å². The molecule has 0 heterocycles. The van der Waals surface area contributed by atoms with Crippen LogP contribution in [0.5, 0.6) is 5.75 Å². The van der Waals surface area contributed by atoms with Gasteiger partial charge in [0.15, 0.2) is 5.78 Å². The van der Waals surface area contributed by atoms with Gasteiger partial charge in [-0.3, -0.25) is 4.79 Å². The fraction of sp³-hybridized carbons (Fsp3) is 0.0714. The van der Waals surface area contributed by atoms with Gasteiger partial charge in [-0.05, 0) is 24.3 Å². The molecule has 0 aliphatic rings. The fourth-order valence-corrected chi connectivity index (χ4v) is 2.16. The van der Waals surface area contributed by atoms with Crippen molar-refractivity contribution in [3.05, 3.63) is 57.3 Å². The van der Waals surface area contributed by atoms with Gasteiger partial charge >= 0.3 is 0 Å². The summed E-state index contributed by atoms with van der Waals surface area (Å²) in [5.41, 5.74) is 5.65. The Balaban J connectivity index is 2.48. The summed E-state index contributed by atoms with van der Waals surface area (Å²) in [6.45, 7) is 0. The molecule has 2 N–H and O–H groups in total. The lowest BCUT2D eigenvalue weighted by Crippen LogP contribution is -2.04. The van der Waals surface area contributed by atoms with E-state index in [1.807, 2.05) is 0 Å². The summed E-state index contributed by atoms with van der Waals surface area (Å²) in [7, 11) is 1.44. The highest BCUT2D eigenvalue weighted by atomic mass is 35.5. The van der Waals surface area contributed by atoms with Crippen molar-refractivity contribution < 1.29 is 13.9 Å². The summed E-state index contributed by atoms with van der Waals surface area (Å²) < 4.78 is 18.4. The third-order valence-corrected chi connectivity index (χ3v) is 3.36. The smallest absolute Gasteiger partial charge is 0.194 e. The van der Waals surface area contributed by atoms with E-state index in [9.17, 15) is 9.18 Å². The number of anilines is 1. The molecule has 0 aliphatic carbocycles. The average Bonchev–Trinajstić information content (AvgIpc) is 2.43. The summed E-state index contributed by atoms with van der Waals surface area (Å²) in [6, 6.07) is 6.63. The second-order valence-electron chi connectivity index (χ2n) is 4.03. The molecule has 0 atom stereocenters. The zero-order valence-electron chi connectivity index (χ0n) is 10.4. The lowest BCUT2D eigenvalue weighted by atomic mass is 10.0. The predicted octanol–water partition coefficient (Wildman–Crippen LogP) is 3.95. The van der Waals surface area contributed by atoms with E-state index in [2.05, 4.69) is 0 Å². The molecule has 3 nitrogen and oxygen atoms in total. The number of nitrogens with two attached hydrogens (primary N) is 1. The molecule has 6 heteroatoms. The molecule has 0 fully saturated rings. The van der Waals surface area contributed by atoms with E-state index < -0.39 is 11.6 Å². The number of hydrogen-bond acceptors (Lipinski definition) is 3. The van der Waals surface area contributed by atoms with Gasteiger partial charge in [0.05, 0.1) is 22.8 Å². The molecule has 0 saturated carbocycles. The van der Waals surface area contributed by atoms with Crippen LogP contribution >= 0.6 is 23.2 Å². The van der Waals surface area contributed by atoms with E-state index in [-0.39, 0.29) is 26.9 Å². The van der Waals surface area contributed by atoms with Gasteiger partial charge in [-0.1, -0.05) is 23.2 Å². The standard InChI is InChI=1S/C14H10Cl2FNO2/c1-20-13-6-9(15)8(5-10(13)16)14(19)7-2-3-12(18)11(17)4-7/h2-6H,18H2,1H3. The van der Waals surface area contributed by atoms with Crippen LogP contribution in [-0.4, -0.2) is 12.9 Å². The number of hydrogen-bond donors (Lipinski definition) is 1. The molecule has 2 aromatic carbocycles. The lowest BCUT2D eigenvalue weighted by molar-refractivity contribution is 0.103. The Morgan fingerprint density at radius 2 is 1.90 bits per heavy atom. The molecule has 0 aliphatic heterocycles. The zero-order chi connectivity index (χ0) is 14.9. The summed E-state index contributed by atoms with van der Waals surface area (Å²) >= 11 is 12.0. The first-order valence-corrected chi connectivity index (χ1v) is 6.32. The Labute approximate surface area is 125 Å². The molecule has 0 unspecified atom stereocenters. The number of nitrogen functional groups attached to an aromatic ring is 1. The molecule has 0 radical (unpaired) electrons. The third-order valence-electron chi connectivity index (χ3n) is 2.75. The molecular weight excluding hydrogens is 304 g/mol. The molecule has 20 heavy (non-hydrogen) atoms. The van der Waals surface area contributed by atoms with Crippen molar-refractivity contribution in [2.45, 2.75) is 0 Å². The number of ketones is 1. The number of carbonyl (C=O) groups excluding carboxylic acids is 1. The van der Waals surface area contributed by atoms with E-state index in [4.69, 9.17) is 33.7 Å². The monoisotopic (exact) mass is 313 g/mol. The first-order valence-electron chi connectivity index (χ1n) is 5.56. The quantitative estimate of drug-likeness (QED) is 0.689. The first kappa shape index (κ1) is 14.6.